The predicted octanol–water partition coefficient (Wildman–Crippen LogP) is 4.25. The van der Waals surface area contributed by atoms with Gasteiger partial charge in [-0.3, -0.25) is 0 Å². The average Bonchev–Trinajstić information content (AvgIpc) is 1.84. The fourth-order valence-electron chi connectivity index (χ4n) is 1.72. The van der Waals surface area contributed by atoms with Gasteiger partial charge in [-0.2, -0.15) is 0 Å². The van der Waals surface area contributed by atoms with E-state index in [4.69, 9.17) is 0 Å². The number of hydrogen-bond donors (Lipinski definition) is 0. The lowest BCUT2D eigenvalue weighted by atomic mass is 9.82. The molecule has 0 aliphatic rings. The minimum absolute atomic E-state index is 0.524. The van der Waals surface area contributed by atoms with Crippen molar-refractivity contribution in [3.05, 3.63) is 0 Å². The molecular weight excluding hydrogens is 132 g/mol. The van der Waals surface area contributed by atoms with Crippen molar-refractivity contribution in [2.45, 2.75) is 60.3 Å². The molecule has 0 bridgehead atoms. The first-order chi connectivity index (χ1) is 4.99. The Morgan fingerprint density at radius 1 is 1.09 bits per heavy atom. The van der Waals surface area contributed by atoms with E-state index in [1.54, 1.807) is 0 Å². The van der Waals surface area contributed by atoms with Crippen molar-refractivity contribution in [1.82, 2.24) is 0 Å². The normalized spacial score (nSPS) is 15.0. The van der Waals surface area contributed by atoms with Crippen molar-refractivity contribution >= 4 is 0 Å². The van der Waals surface area contributed by atoms with E-state index in [0.29, 0.717) is 5.41 Å². The second-order valence-electron chi connectivity index (χ2n) is 4.83. The van der Waals surface area contributed by atoms with Crippen LogP contribution in [0.25, 0.3) is 0 Å². The molecule has 0 saturated heterocycles. The first kappa shape index (κ1) is 11.0. The minimum Gasteiger partial charge on any atom is -0.0654 e. The highest BCUT2D eigenvalue weighted by atomic mass is 14.2. The van der Waals surface area contributed by atoms with Crippen LogP contribution in [0, 0.1) is 11.3 Å². The first-order valence-corrected chi connectivity index (χ1v) is 4.99. The van der Waals surface area contributed by atoms with Gasteiger partial charge in [0.15, 0.2) is 0 Å². The maximum absolute atomic E-state index is 2.34. The van der Waals surface area contributed by atoms with Gasteiger partial charge >= 0.3 is 0 Å². The van der Waals surface area contributed by atoms with E-state index >= 15 is 0 Å². The molecule has 0 aromatic carbocycles. The van der Waals surface area contributed by atoms with Gasteiger partial charge in [0.25, 0.3) is 0 Å². The molecule has 1 unspecified atom stereocenters. The van der Waals surface area contributed by atoms with Crippen LogP contribution in [0.3, 0.4) is 0 Å². The highest BCUT2D eigenvalue weighted by Gasteiger charge is 2.16. The van der Waals surface area contributed by atoms with Gasteiger partial charge in [0.2, 0.25) is 0 Å². The molecule has 0 saturated carbocycles. The zero-order valence-electron chi connectivity index (χ0n) is 8.91. The summed E-state index contributed by atoms with van der Waals surface area (Å²) in [5, 5.41) is 0. The molecule has 0 N–H and O–H groups in total. The van der Waals surface area contributed by atoms with Gasteiger partial charge in [-0.25, -0.2) is 0 Å². The molecule has 0 heteroatoms. The first-order valence-electron chi connectivity index (χ1n) is 4.99. The lowest BCUT2D eigenvalue weighted by Gasteiger charge is -2.24. The molecular formula is C11H24. The summed E-state index contributed by atoms with van der Waals surface area (Å²) >= 11 is 0. The minimum atomic E-state index is 0.524. The van der Waals surface area contributed by atoms with E-state index in [1.165, 1.54) is 25.7 Å². The summed E-state index contributed by atoms with van der Waals surface area (Å²) in [6.45, 7) is 11.6. The molecule has 0 aromatic rings. The van der Waals surface area contributed by atoms with Crippen molar-refractivity contribution in [1.29, 1.82) is 0 Å². The molecule has 0 rings (SSSR count). The quantitative estimate of drug-likeness (QED) is 0.571. The van der Waals surface area contributed by atoms with E-state index in [2.05, 4.69) is 34.6 Å². The van der Waals surface area contributed by atoms with Crippen LogP contribution >= 0.6 is 0 Å². The van der Waals surface area contributed by atoms with E-state index in [9.17, 15) is 0 Å². The predicted molar refractivity (Wildman–Crippen MR) is 52.8 cm³/mol. The maximum atomic E-state index is 2.34. The van der Waals surface area contributed by atoms with E-state index < -0.39 is 0 Å². The molecule has 0 radical (unpaired) electrons. The van der Waals surface area contributed by atoms with Crippen molar-refractivity contribution < 1.29 is 0 Å². The highest BCUT2D eigenvalue weighted by molar-refractivity contribution is 4.67. The molecule has 0 aliphatic carbocycles. The van der Waals surface area contributed by atoms with Crippen molar-refractivity contribution in [2.24, 2.45) is 11.3 Å². The third-order valence-corrected chi connectivity index (χ3v) is 2.18. The smallest absolute Gasteiger partial charge is 0.0380 e. The fourth-order valence-corrected chi connectivity index (χ4v) is 1.72. The van der Waals surface area contributed by atoms with Gasteiger partial charge in [-0.1, -0.05) is 53.9 Å². The van der Waals surface area contributed by atoms with Gasteiger partial charge in [-0.15, -0.1) is 0 Å². The Morgan fingerprint density at radius 3 is 1.91 bits per heavy atom. The zero-order chi connectivity index (χ0) is 8.91. The summed E-state index contributed by atoms with van der Waals surface area (Å²) in [5.74, 6) is 0.958. The highest BCUT2D eigenvalue weighted by Crippen LogP contribution is 2.28. The summed E-state index contributed by atoms with van der Waals surface area (Å²) in [7, 11) is 0. The van der Waals surface area contributed by atoms with Crippen LogP contribution in [-0.2, 0) is 0 Å². The Labute approximate surface area is 72.4 Å². The Bertz CT molecular complexity index is 86.7. The number of rotatable bonds is 4. The topological polar surface area (TPSA) is 0 Å². The van der Waals surface area contributed by atoms with Gasteiger partial charge in [0, 0.05) is 0 Å². The zero-order valence-corrected chi connectivity index (χ0v) is 8.91. The van der Waals surface area contributed by atoms with Crippen LogP contribution in [0.5, 0.6) is 0 Å². The third kappa shape index (κ3) is 6.40. The summed E-state index contributed by atoms with van der Waals surface area (Å²) in [6, 6.07) is 0. The third-order valence-electron chi connectivity index (χ3n) is 2.18. The molecule has 1 atom stereocenters. The fraction of sp³-hybridized carbons (Fsp3) is 1.00. The summed E-state index contributed by atoms with van der Waals surface area (Å²) in [5.41, 5.74) is 0.524. The van der Waals surface area contributed by atoms with E-state index in [-0.39, 0.29) is 0 Å². The summed E-state index contributed by atoms with van der Waals surface area (Å²) in [6.07, 6.45) is 5.49. The molecule has 68 valence electrons. The van der Waals surface area contributed by atoms with Gasteiger partial charge in [-0.05, 0) is 17.8 Å². The van der Waals surface area contributed by atoms with Crippen molar-refractivity contribution in [2.75, 3.05) is 0 Å². The van der Waals surface area contributed by atoms with Crippen LogP contribution in [0.4, 0.5) is 0 Å². The van der Waals surface area contributed by atoms with E-state index in [1.807, 2.05) is 0 Å². The molecule has 11 heavy (non-hydrogen) atoms. The van der Waals surface area contributed by atoms with Crippen LogP contribution in [0.1, 0.15) is 60.3 Å². The number of hydrogen-bond acceptors (Lipinski definition) is 0. The standard InChI is InChI=1S/C11H24/c1-6-8-10(7-2)9-11(3,4)5/h10H,6-9H2,1-5H3. The lowest BCUT2D eigenvalue weighted by Crippen LogP contribution is -2.12. The van der Waals surface area contributed by atoms with Crippen molar-refractivity contribution in [3.63, 3.8) is 0 Å². The maximum Gasteiger partial charge on any atom is -0.0380 e. The SMILES string of the molecule is CCCC(CC)CC(C)(C)C. The lowest BCUT2D eigenvalue weighted by molar-refractivity contribution is 0.275. The van der Waals surface area contributed by atoms with Crippen LogP contribution in [0.2, 0.25) is 0 Å². The second kappa shape index (κ2) is 4.79. The second-order valence-corrected chi connectivity index (χ2v) is 4.83. The Kier molecular flexibility index (Phi) is 4.79. The molecule has 0 amide bonds. The summed E-state index contributed by atoms with van der Waals surface area (Å²) < 4.78 is 0. The van der Waals surface area contributed by atoms with Gasteiger partial charge < -0.3 is 0 Å². The van der Waals surface area contributed by atoms with Crippen LogP contribution < -0.4 is 0 Å². The Hall–Kier alpha value is 0. The Balaban J connectivity index is 3.68. The largest absolute Gasteiger partial charge is 0.0654 e. The average molecular weight is 156 g/mol. The molecule has 0 aromatic heterocycles. The van der Waals surface area contributed by atoms with Crippen LogP contribution in [0.15, 0.2) is 0 Å². The van der Waals surface area contributed by atoms with Crippen LogP contribution in [-0.4, -0.2) is 0 Å². The molecule has 0 nitrogen and oxygen atoms in total. The molecule has 0 spiro atoms. The van der Waals surface area contributed by atoms with E-state index in [0.717, 1.165) is 5.92 Å². The monoisotopic (exact) mass is 156 g/mol. The molecule has 0 heterocycles. The Morgan fingerprint density at radius 2 is 1.64 bits per heavy atom. The van der Waals surface area contributed by atoms with Gasteiger partial charge in [0.05, 0.1) is 0 Å². The molecule has 0 aliphatic heterocycles. The van der Waals surface area contributed by atoms with Gasteiger partial charge in [0.1, 0.15) is 0 Å². The van der Waals surface area contributed by atoms with Crippen molar-refractivity contribution in [3.8, 4) is 0 Å². The summed E-state index contributed by atoms with van der Waals surface area (Å²) in [4.78, 5) is 0. The molecule has 0 fully saturated rings.